The Morgan fingerprint density at radius 2 is 1.71 bits per heavy atom. The summed E-state index contributed by atoms with van der Waals surface area (Å²) in [7, 11) is 1.63. The number of nitrogens with one attached hydrogen (secondary N) is 1. The summed E-state index contributed by atoms with van der Waals surface area (Å²) < 4.78 is 10.9. The van der Waals surface area contributed by atoms with Gasteiger partial charge in [0, 0.05) is 12.2 Å². The molecule has 0 unspecified atom stereocenters. The smallest absolute Gasteiger partial charge is 0.309 e. The minimum Gasteiger partial charge on any atom is -0.496 e. The Morgan fingerprint density at radius 3 is 2.31 bits per heavy atom. The first-order chi connectivity index (χ1) is 16.6. The standard InChI is InChI=1S/C28H34N2O5/c1-19-14-25(34-5)20(2)13-24(19)29-26(31)18-30(17-23-7-6-12-35-23)16-22-10-8-21(9-11-22)15-28(3,4)27(32)33/h6-14H,15-18H2,1-5H3,(H,29,31)(H,32,33). The van der Waals surface area contributed by atoms with E-state index in [1.54, 1.807) is 27.2 Å². The van der Waals surface area contributed by atoms with Crippen molar-refractivity contribution in [1.82, 2.24) is 4.90 Å². The summed E-state index contributed by atoms with van der Waals surface area (Å²) in [5.74, 6) is 0.618. The number of benzene rings is 2. The minimum atomic E-state index is -0.830. The fraction of sp³-hybridized carbons (Fsp3) is 0.357. The molecule has 7 nitrogen and oxygen atoms in total. The van der Waals surface area contributed by atoms with Gasteiger partial charge in [-0.25, -0.2) is 0 Å². The zero-order valence-corrected chi connectivity index (χ0v) is 21.1. The summed E-state index contributed by atoms with van der Waals surface area (Å²) in [4.78, 5) is 26.4. The Balaban J connectivity index is 1.71. The highest BCUT2D eigenvalue weighted by Crippen LogP contribution is 2.26. The number of carbonyl (C=O) groups is 2. The van der Waals surface area contributed by atoms with Crippen LogP contribution in [-0.2, 0) is 29.1 Å². The largest absolute Gasteiger partial charge is 0.496 e. The van der Waals surface area contributed by atoms with E-state index in [4.69, 9.17) is 9.15 Å². The van der Waals surface area contributed by atoms with Crippen LogP contribution in [0.2, 0.25) is 0 Å². The Hall–Kier alpha value is -3.58. The van der Waals surface area contributed by atoms with Gasteiger partial charge in [0.1, 0.15) is 11.5 Å². The van der Waals surface area contributed by atoms with Crippen LogP contribution in [0.15, 0.2) is 59.2 Å². The van der Waals surface area contributed by atoms with Crippen LogP contribution >= 0.6 is 0 Å². The van der Waals surface area contributed by atoms with Gasteiger partial charge in [-0.05, 0) is 80.6 Å². The lowest BCUT2D eigenvalue weighted by atomic mass is 9.86. The fourth-order valence-electron chi connectivity index (χ4n) is 3.93. The van der Waals surface area contributed by atoms with Crippen molar-refractivity contribution in [2.24, 2.45) is 5.41 Å². The maximum absolute atomic E-state index is 13.0. The third kappa shape index (κ3) is 7.20. The van der Waals surface area contributed by atoms with Gasteiger partial charge in [0.05, 0.1) is 31.9 Å². The molecule has 3 rings (SSSR count). The van der Waals surface area contributed by atoms with Crippen LogP contribution < -0.4 is 10.1 Å². The third-order valence-corrected chi connectivity index (χ3v) is 6.00. The SMILES string of the molecule is COc1cc(C)c(NC(=O)CN(Cc2ccc(CC(C)(C)C(=O)O)cc2)Cc2ccco2)cc1C. The van der Waals surface area contributed by atoms with Crippen molar-refractivity contribution in [2.45, 2.75) is 47.2 Å². The van der Waals surface area contributed by atoms with Crippen molar-refractivity contribution in [2.75, 3.05) is 19.0 Å². The number of hydrogen-bond donors (Lipinski definition) is 2. The summed E-state index contributed by atoms with van der Waals surface area (Å²) >= 11 is 0. The number of aryl methyl sites for hydroxylation is 2. The van der Waals surface area contributed by atoms with Crippen molar-refractivity contribution in [3.63, 3.8) is 0 Å². The first-order valence-electron chi connectivity index (χ1n) is 11.6. The average molecular weight is 479 g/mol. The van der Waals surface area contributed by atoms with E-state index in [1.165, 1.54) is 0 Å². The van der Waals surface area contributed by atoms with Gasteiger partial charge in [-0.3, -0.25) is 14.5 Å². The topological polar surface area (TPSA) is 92.0 Å². The molecule has 3 aromatic rings. The lowest BCUT2D eigenvalue weighted by Gasteiger charge is -2.22. The molecule has 0 aliphatic carbocycles. The van der Waals surface area contributed by atoms with Gasteiger partial charge in [0.2, 0.25) is 5.91 Å². The zero-order chi connectivity index (χ0) is 25.6. The van der Waals surface area contributed by atoms with Crippen LogP contribution in [0.4, 0.5) is 5.69 Å². The van der Waals surface area contributed by atoms with E-state index in [-0.39, 0.29) is 12.5 Å². The number of methoxy groups -OCH3 is 1. The number of aliphatic carboxylic acids is 1. The number of rotatable bonds is 11. The van der Waals surface area contributed by atoms with E-state index < -0.39 is 11.4 Å². The Bertz CT molecular complexity index is 1150. The average Bonchev–Trinajstić information content (AvgIpc) is 3.30. The number of carboxylic acid groups (broad SMARTS) is 1. The summed E-state index contributed by atoms with van der Waals surface area (Å²) in [6, 6.07) is 15.4. The molecule has 1 heterocycles. The van der Waals surface area contributed by atoms with Crippen LogP contribution in [0, 0.1) is 19.3 Å². The molecular formula is C28H34N2O5. The fourth-order valence-corrected chi connectivity index (χ4v) is 3.93. The number of furan rings is 1. The van der Waals surface area contributed by atoms with E-state index in [2.05, 4.69) is 5.32 Å². The van der Waals surface area contributed by atoms with Crippen molar-refractivity contribution in [1.29, 1.82) is 0 Å². The highest BCUT2D eigenvalue weighted by atomic mass is 16.5. The molecule has 1 aromatic heterocycles. The second kappa shape index (κ2) is 11.2. The minimum absolute atomic E-state index is 0.121. The molecule has 35 heavy (non-hydrogen) atoms. The van der Waals surface area contributed by atoms with Gasteiger partial charge in [0.15, 0.2) is 0 Å². The molecular weight excluding hydrogens is 444 g/mol. The molecule has 0 atom stereocenters. The number of hydrogen-bond acceptors (Lipinski definition) is 5. The van der Waals surface area contributed by atoms with E-state index in [0.29, 0.717) is 19.5 Å². The highest BCUT2D eigenvalue weighted by Gasteiger charge is 2.27. The highest BCUT2D eigenvalue weighted by molar-refractivity contribution is 5.93. The van der Waals surface area contributed by atoms with Gasteiger partial charge in [-0.15, -0.1) is 0 Å². The molecule has 0 fully saturated rings. The number of nitrogens with zero attached hydrogens (tertiary/aromatic N) is 1. The van der Waals surface area contributed by atoms with Crippen LogP contribution in [-0.4, -0.2) is 35.5 Å². The number of carbonyl (C=O) groups excluding carboxylic acids is 1. The molecule has 0 aliphatic rings. The van der Waals surface area contributed by atoms with Crippen LogP contribution in [0.25, 0.3) is 0 Å². The summed E-state index contributed by atoms with van der Waals surface area (Å²) in [5, 5.41) is 12.4. The van der Waals surface area contributed by atoms with E-state index in [0.717, 1.165) is 39.5 Å². The Morgan fingerprint density at radius 1 is 1.03 bits per heavy atom. The second-order valence-corrected chi connectivity index (χ2v) is 9.59. The van der Waals surface area contributed by atoms with E-state index in [1.807, 2.05) is 67.3 Å². The first-order valence-corrected chi connectivity index (χ1v) is 11.6. The molecule has 1 amide bonds. The summed E-state index contributed by atoms with van der Waals surface area (Å²) in [6.45, 7) is 8.52. The van der Waals surface area contributed by atoms with Crippen molar-refractivity contribution in [3.8, 4) is 5.75 Å². The Kier molecular flexibility index (Phi) is 8.35. The maximum atomic E-state index is 13.0. The van der Waals surface area contributed by atoms with Crippen LogP contribution in [0.3, 0.4) is 0 Å². The number of carboxylic acids is 1. The molecule has 2 N–H and O–H groups in total. The first kappa shape index (κ1) is 26.0. The molecule has 186 valence electrons. The van der Waals surface area contributed by atoms with Gasteiger partial charge in [-0.1, -0.05) is 24.3 Å². The molecule has 0 bridgehead atoms. The van der Waals surface area contributed by atoms with E-state index >= 15 is 0 Å². The lowest BCUT2D eigenvalue weighted by molar-refractivity contribution is -0.146. The maximum Gasteiger partial charge on any atom is 0.309 e. The normalized spacial score (nSPS) is 11.5. The zero-order valence-electron chi connectivity index (χ0n) is 21.1. The Labute approximate surface area is 206 Å². The monoisotopic (exact) mass is 478 g/mol. The third-order valence-electron chi connectivity index (χ3n) is 6.00. The second-order valence-electron chi connectivity index (χ2n) is 9.59. The van der Waals surface area contributed by atoms with Crippen molar-refractivity contribution >= 4 is 17.6 Å². The molecule has 0 spiro atoms. The quantitative estimate of drug-likeness (QED) is 0.394. The number of ether oxygens (including phenoxy) is 1. The van der Waals surface area contributed by atoms with Crippen molar-refractivity contribution < 1.29 is 23.8 Å². The summed E-state index contributed by atoms with van der Waals surface area (Å²) in [5.41, 5.74) is 3.80. The summed E-state index contributed by atoms with van der Waals surface area (Å²) in [6.07, 6.45) is 2.07. The molecule has 0 saturated heterocycles. The molecule has 0 saturated carbocycles. The van der Waals surface area contributed by atoms with Gasteiger partial charge >= 0.3 is 5.97 Å². The predicted molar refractivity (Wildman–Crippen MR) is 135 cm³/mol. The van der Waals surface area contributed by atoms with Gasteiger partial charge in [-0.2, -0.15) is 0 Å². The molecule has 2 aromatic carbocycles. The number of anilines is 1. The van der Waals surface area contributed by atoms with Crippen LogP contribution in [0.1, 0.15) is 41.9 Å². The van der Waals surface area contributed by atoms with Crippen molar-refractivity contribution in [3.05, 3.63) is 82.8 Å². The molecule has 0 aliphatic heterocycles. The predicted octanol–water partition coefficient (Wildman–Crippen LogP) is 5.20. The van der Waals surface area contributed by atoms with Gasteiger partial charge < -0.3 is 19.6 Å². The molecule has 0 radical (unpaired) electrons. The van der Waals surface area contributed by atoms with E-state index in [9.17, 15) is 14.7 Å². The number of amides is 1. The van der Waals surface area contributed by atoms with Gasteiger partial charge in [0.25, 0.3) is 0 Å². The molecule has 7 heteroatoms. The van der Waals surface area contributed by atoms with Crippen LogP contribution in [0.5, 0.6) is 5.75 Å². The lowest BCUT2D eigenvalue weighted by Crippen LogP contribution is -2.32.